The Morgan fingerprint density at radius 1 is 1.22 bits per heavy atom. The van der Waals surface area contributed by atoms with Gasteiger partial charge in [-0.1, -0.05) is 41.3 Å². The van der Waals surface area contributed by atoms with Gasteiger partial charge in [-0.15, -0.1) is 0 Å². The minimum absolute atomic E-state index is 0.232. The molecule has 0 aromatic heterocycles. The van der Waals surface area contributed by atoms with Crippen molar-refractivity contribution >= 4 is 31.6 Å². The van der Waals surface area contributed by atoms with E-state index < -0.39 is 10.0 Å². The molecule has 1 N–H and O–H groups in total. The Morgan fingerprint density at radius 3 is 2.56 bits per heavy atom. The molecule has 1 aromatic rings. The molecule has 0 atom stereocenters. The molecule has 1 aromatic carbocycles. The number of sulfonamides is 1. The summed E-state index contributed by atoms with van der Waals surface area (Å²) in [5.41, 5.74) is 1.62. The summed E-state index contributed by atoms with van der Waals surface area (Å²) in [5, 5.41) is -0.232. The first kappa shape index (κ1) is 13.9. The van der Waals surface area contributed by atoms with Gasteiger partial charge in [-0.3, -0.25) is 4.72 Å². The van der Waals surface area contributed by atoms with Gasteiger partial charge in [0.2, 0.25) is 10.0 Å². The van der Waals surface area contributed by atoms with Gasteiger partial charge < -0.3 is 0 Å². The number of hydrogen-bond donors (Lipinski definition) is 1. The summed E-state index contributed by atoms with van der Waals surface area (Å²) in [5.74, 6) is 0. The van der Waals surface area contributed by atoms with Crippen molar-refractivity contribution in [1.29, 1.82) is 0 Å². The highest BCUT2D eigenvalue weighted by atomic mass is 79.9. The van der Waals surface area contributed by atoms with Crippen LogP contribution in [-0.2, 0) is 10.0 Å². The third kappa shape index (κ3) is 3.26. The van der Waals surface area contributed by atoms with Crippen molar-refractivity contribution in [2.45, 2.75) is 44.3 Å². The number of benzene rings is 1. The molecule has 0 unspecified atom stereocenters. The molecule has 0 aliphatic heterocycles. The van der Waals surface area contributed by atoms with Crippen molar-refractivity contribution in [3.05, 3.63) is 28.2 Å². The summed E-state index contributed by atoms with van der Waals surface area (Å²) in [4.78, 5) is 0. The lowest BCUT2D eigenvalue weighted by Gasteiger charge is -2.23. The number of nitrogens with one attached hydrogen (secondary N) is 1. The van der Waals surface area contributed by atoms with Crippen LogP contribution in [0.2, 0.25) is 0 Å². The van der Waals surface area contributed by atoms with E-state index in [0.717, 1.165) is 42.1 Å². The Hall–Kier alpha value is -0.550. The third-order valence-electron chi connectivity index (χ3n) is 3.44. The SMILES string of the molecule is Cc1ccc(Br)cc1NS(=O)(=O)C1CCCCC1. The van der Waals surface area contributed by atoms with Gasteiger partial charge in [-0.25, -0.2) is 8.42 Å². The van der Waals surface area contributed by atoms with E-state index in [0.29, 0.717) is 5.69 Å². The minimum Gasteiger partial charge on any atom is -0.283 e. The molecule has 5 heteroatoms. The average molecular weight is 332 g/mol. The van der Waals surface area contributed by atoms with E-state index in [4.69, 9.17) is 0 Å². The average Bonchev–Trinajstić information content (AvgIpc) is 2.35. The van der Waals surface area contributed by atoms with E-state index in [1.165, 1.54) is 0 Å². The van der Waals surface area contributed by atoms with Crippen molar-refractivity contribution in [3.8, 4) is 0 Å². The van der Waals surface area contributed by atoms with Crippen LogP contribution in [0.15, 0.2) is 22.7 Å². The fourth-order valence-corrected chi connectivity index (χ4v) is 4.32. The van der Waals surface area contributed by atoms with E-state index in [-0.39, 0.29) is 5.25 Å². The van der Waals surface area contributed by atoms with Crippen LogP contribution in [0, 0.1) is 6.92 Å². The lowest BCUT2D eigenvalue weighted by Crippen LogP contribution is -2.29. The zero-order chi connectivity index (χ0) is 13.2. The van der Waals surface area contributed by atoms with Crippen molar-refractivity contribution in [2.75, 3.05) is 4.72 Å². The predicted molar refractivity (Wildman–Crippen MR) is 78.3 cm³/mol. The topological polar surface area (TPSA) is 46.2 Å². The Balaban J connectivity index is 2.18. The summed E-state index contributed by atoms with van der Waals surface area (Å²) < 4.78 is 28.2. The van der Waals surface area contributed by atoms with E-state index >= 15 is 0 Å². The minimum atomic E-state index is -3.25. The van der Waals surface area contributed by atoms with Crippen molar-refractivity contribution in [3.63, 3.8) is 0 Å². The summed E-state index contributed by atoms with van der Waals surface area (Å²) >= 11 is 3.37. The molecule has 2 rings (SSSR count). The molecule has 1 aliphatic carbocycles. The van der Waals surface area contributed by atoms with E-state index in [1.807, 2.05) is 25.1 Å². The zero-order valence-electron chi connectivity index (χ0n) is 10.4. The maximum atomic E-state index is 12.3. The molecule has 0 amide bonds. The first-order valence-electron chi connectivity index (χ1n) is 6.27. The molecule has 0 bridgehead atoms. The molecule has 100 valence electrons. The first-order valence-corrected chi connectivity index (χ1v) is 8.61. The summed E-state index contributed by atoms with van der Waals surface area (Å²) in [6, 6.07) is 5.63. The normalized spacial score (nSPS) is 17.7. The second-order valence-corrected chi connectivity index (χ2v) is 7.74. The number of aryl methyl sites for hydroxylation is 1. The van der Waals surface area contributed by atoms with Crippen molar-refractivity contribution in [2.24, 2.45) is 0 Å². The maximum absolute atomic E-state index is 12.3. The van der Waals surface area contributed by atoms with Crippen LogP contribution >= 0.6 is 15.9 Å². The second kappa shape index (κ2) is 5.61. The molecule has 1 aliphatic rings. The standard InChI is InChI=1S/C13H18BrNO2S/c1-10-7-8-11(14)9-13(10)15-18(16,17)12-5-3-2-4-6-12/h7-9,12,15H,2-6H2,1H3. The highest BCUT2D eigenvalue weighted by molar-refractivity contribution is 9.10. The molecule has 0 radical (unpaired) electrons. The number of rotatable bonds is 3. The number of anilines is 1. The highest BCUT2D eigenvalue weighted by Gasteiger charge is 2.27. The quantitative estimate of drug-likeness (QED) is 0.914. The largest absolute Gasteiger partial charge is 0.283 e. The molecule has 0 spiro atoms. The van der Waals surface area contributed by atoms with E-state index in [1.54, 1.807) is 0 Å². The summed E-state index contributed by atoms with van der Waals surface area (Å²) in [6.45, 7) is 1.91. The maximum Gasteiger partial charge on any atom is 0.235 e. The van der Waals surface area contributed by atoms with E-state index in [2.05, 4.69) is 20.7 Å². The van der Waals surface area contributed by atoms with Crippen LogP contribution < -0.4 is 4.72 Å². The Kier molecular flexibility index (Phi) is 4.33. The van der Waals surface area contributed by atoms with Crippen LogP contribution in [-0.4, -0.2) is 13.7 Å². The van der Waals surface area contributed by atoms with Gasteiger partial charge in [0.15, 0.2) is 0 Å². The van der Waals surface area contributed by atoms with Gasteiger partial charge in [0, 0.05) is 4.47 Å². The van der Waals surface area contributed by atoms with Crippen LogP contribution in [0.1, 0.15) is 37.7 Å². The lowest BCUT2D eigenvalue weighted by atomic mass is 10.0. The molecular weight excluding hydrogens is 314 g/mol. The molecule has 3 nitrogen and oxygen atoms in total. The molecule has 0 heterocycles. The van der Waals surface area contributed by atoms with Crippen LogP contribution in [0.3, 0.4) is 0 Å². The van der Waals surface area contributed by atoms with Gasteiger partial charge in [-0.05, 0) is 37.5 Å². The van der Waals surface area contributed by atoms with Crippen LogP contribution in [0.5, 0.6) is 0 Å². The van der Waals surface area contributed by atoms with Gasteiger partial charge >= 0.3 is 0 Å². The molecular formula is C13H18BrNO2S. The predicted octanol–water partition coefficient (Wildman–Crippen LogP) is 3.83. The van der Waals surface area contributed by atoms with E-state index in [9.17, 15) is 8.42 Å². The molecule has 1 fully saturated rings. The van der Waals surface area contributed by atoms with Gasteiger partial charge in [0.1, 0.15) is 0 Å². The summed E-state index contributed by atoms with van der Waals surface area (Å²) in [7, 11) is -3.25. The van der Waals surface area contributed by atoms with Gasteiger partial charge in [0.05, 0.1) is 10.9 Å². The second-order valence-electron chi connectivity index (χ2n) is 4.87. The van der Waals surface area contributed by atoms with Gasteiger partial charge in [0.25, 0.3) is 0 Å². The van der Waals surface area contributed by atoms with Gasteiger partial charge in [-0.2, -0.15) is 0 Å². The highest BCUT2D eigenvalue weighted by Crippen LogP contribution is 2.27. The first-order chi connectivity index (χ1) is 8.49. The molecule has 18 heavy (non-hydrogen) atoms. The zero-order valence-corrected chi connectivity index (χ0v) is 12.9. The Morgan fingerprint density at radius 2 is 1.89 bits per heavy atom. The summed E-state index contributed by atoms with van der Waals surface area (Å²) in [6.07, 6.45) is 4.75. The monoisotopic (exact) mass is 331 g/mol. The third-order valence-corrected chi connectivity index (χ3v) is 5.79. The Bertz CT molecular complexity index is 522. The van der Waals surface area contributed by atoms with Crippen molar-refractivity contribution < 1.29 is 8.42 Å². The van der Waals surface area contributed by atoms with Crippen LogP contribution in [0.4, 0.5) is 5.69 Å². The fraction of sp³-hybridized carbons (Fsp3) is 0.538. The lowest BCUT2D eigenvalue weighted by molar-refractivity contribution is 0.486. The smallest absolute Gasteiger partial charge is 0.235 e. The molecule has 1 saturated carbocycles. The van der Waals surface area contributed by atoms with Crippen molar-refractivity contribution in [1.82, 2.24) is 0 Å². The Labute approximate surface area is 117 Å². The fourth-order valence-electron chi connectivity index (χ4n) is 2.32. The molecule has 0 saturated heterocycles. The van der Waals surface area contributed by atoms with Crippen LogP contribution in [0.25, 0.3) is 0 Å². The number of hydrogen-bond acceptors (Lipinski definition) is 2. The number of halogens is 1.